The number of allylic oxidation sites excluding steroid dienone is 2. The Morgan fingerprint density at radius 3 is 2.70 bits per heavy atom. The van der Waals surface area contributed by atoms with Crippen molar-refractivity contribution in [3.63, 3.8) is 0 Å². The predicted molar refractivity (Wildman–Crippen MR) is 118 cm³/mol. The van der Waals surface area contributed by atoms with E-state index in [9.17, 15) is 0 Å². The third-order valence-corrected chi connectivity index (χ3v) is 9.93. The van der Waals surface area contributed by atoms with Gasteiger partial charge in [0.1, 0.15) is 0 Å². The van der Waals surface area contributed by atoms with Gasteiger partial charge in [0, 0.05) is 35.4 Å². The third-order valence-electron chi connectivity index (χ3n) is 8.68. The Labute approximate surface area is 173 Å². The van der Waals surface area contributed by atoms with Crippen molar-refractivity contribution >= 4 is 22.0 Å². The zero-order valence-electron chi connectivity index (χ0n) is 17.0. The molecule has 0 amide bonds. The van der Waals surface area contributed by atoms with Crippen molar-refractivity contribution < 1.29 is 0 Å². The van der Waals surface area contributed by atoms with Crippen molar-refractivity contribution in [2.75, 3.05) is 7.05 Å². The van der Waals surface area contributed by atoms with Crippen LogP contribution in [-0.4, -0.2) is 22.8 Å². The number of rotatable bonds is 2. The smallest absolute Gasteiger partial charge is 0.0363 e. The van der Waals surface area contributed by atoms with Crippen molar-refractivity contribution in [1.29, 1.82) is 0 Å². The van der Waals surface area contributed by atoms with Crippen LogP contribution in [0.1, 0.15) is 57.1 Å². The molecule has 1 aromatic carbocycles. The third kappa shape index (κ3) is 2.62. The average molecular weight is 426 g/mol. The van der Waals surface area contributed by atoms with Crippen LogP contribution < -0.4 is 0 Å². The Kier molecular flexibility index (Phi) is 4.35. The van der Waals surface area contributed by atoms with Gasteiger partial charge in [-0.15, -0.1) is 0 Å². The number of alkyl halides is 1. The summed E-state index contributed by atoms with van der Waals surface area (Å²) in [4.78, 5) is 3.25. The van der Waals surface area contributed by atoms with Crippen molar-refractivity contribution in [3.8, 4) is 0 Å². The lowest BCUT2D eigenvalue weighted by Gasteiger charge is -2.44. The summed E-state index contributed by atoms with van der Waals surface area (Å²) in [5.74, 6) is 4.76. The van der Waals surface area contributed by atoms with Crippen molar-refractivity contribution in [3.05, 3.63) is 52.7 Å². The molecule has 0 spiro atoms. The number of benzene rings is 1. The van der Waals surface area contributed by atoms with E-state index in [0.29, 0.717) is 22.7 Å². The van der Waals surface area contributed by atoms with E-state index in [0.717, 1.165) is 23.7 Å². The highest BCUT2D eigenvalue weighted by atomic mass is 79.9. The molecule has 2 heteroatoms. The molecule has 8 unspecified atom stereocenters. The maximum absolute atomic E-state index is 4.22. The first-order chi connectivity index (χ1) is 13.0. The lowest BCUT2D eigenvalue weighted by atomic mass is 9.68. The quantitative estimate of drug-likeness (QED) is 0.490. The summed E-state index contributed by atoms with van der Waals surface area (Å²) in [5, 5.41) is 0. The van der Waals surface area contributed by atoms with Crippen LogP contribution in [0.4, 0.5) is 0 Å². The fourth-order valence-electron chi connectivity index (χ4n) is 7.06. The number of nitrogens with zero attached hydrogens (tertiary/aromatic N) is 1. The minimum absolute atomic E-state index is 0.627. The molecule has 27 heavy (non-hydrogen) atoms. The van der Waals surface area contributed by atoms with Crippen LogP contribution in [0.25, 0.3) is 6.08 Å². The zero-order chi connectivity index (χ0) is 18.9. The van der Waals surface area contributed by atoms with Gasteiger partial charge in [-0.3, -0.25) is 0 Å². The van der Waals surface area contributed by atoms with Gasteiger partial charge in [0.05, 0.1) is 0 Å². The lowest BCUT2D eigenvalue weighted by Crippen LogP contribution is -2.46. The molecular formula is C25H32BrN. The van der Waals surface area contributed by atoms with E-state index in [4.69, 9.17) is 0 Å². The van der Waals surface area contributed by atoms with Gasteiger partial charge in [0.2, 0.25) is 0 Å². The Balaban J connectivity index is 1.40. The van der Waals surface area contributed by atoms with Crippen LogP contribution in [0, 0.1) is 29.6 Å². The molecule has 1 aliphatic heterocycles. The first-order valence-corrected chi connectivity index (χ1v) is 11.7. The second-order valence-electron chi connectivity index (χ2n) is 9.69. The first-order valence-electron chi connectivity index (χ1n) is 10.8. The van der Waals surface area contributed by atoms with E-state index in [-0.39, 0.29) is 0 Å². The van der Waals surface area contributed by atoms with Crippen LogP contribution in [0.15, 0.2) is 41.6 Å². The molecule has 1 heterocycles. The number of hydrogen-bond donors (Lipinski definition) is 0. The summed E-state index contributed by atoms with van der Waals surface area (Å²) in [5.41, 5.74) is 6.15. The molecule has 3 aliphatic carbocycles. The summed E-state index contributed by atoms with van der Waals surface area (Å²) >= 11 is 4.22. The van der Waals surface area contributed by atoms with Gasteiger partial charge in [-0.05, 0) is 73.5 Å². The van der Waals surface area contributed by atoms with Crippen molar-refractivity contribution in [2.45, 2.75) is 56.8 Å². The molecule has 0 aromatic heterocycles. The maximum Gasteiger partial charge on any atom is 0.0363 e. The summed E-state index contributed by atoms with van der Waals surface area (Å²) in [6, 6.07) is 9.71. The van der Waals surface area contributed by atoms with E-state index in [1.165, 1.54) is 30.5 Å². The van der Waals surface area contributed by atoms with Crippen LogP contribution >= 0.6 is 15.9 Å². The second kappa shape index (κ2) is 6.51. The molecule has 0 radical (unpaired) electrons. The normalized spacial score (nSPS) is 42.5. The lowest BCUT2D eigenvalue weighted by molar-refractivity contribution is 0.117. The molecule has 1 aromatic rings. The molecular weight excluding hydrogens is 394 g/mol. The highest BCUT2D eigenvalue weighted by molar-refractivity contribution is 9.09. The molecule has 0 bridgehead atoms. The predicted octanol–water partition coefficient (Wildman–Crippen LogP) is 6.47. The summed E-state index contributed by atoms with van der Waals surface area (Å²) < 4.78 is 0. The molecule has 4 aliphatic rings. The van der Waals surface area contributed by atoms with Gasteiger partial charge in [-0.25, -0.2) is 0 Å². The molecule has 0 N–H and O–H groups in total. The highest BCUT2D eigenvalue weighted by Gasteiger charge is 2.54. The largest absolute Gasteiger partial charge is 0.375 e. The molecule has 5 rings (SSSR count). The fraction of sp³-hybridized carbons (Fsp3) is 0.600. The molecule has 2 saturated carbocycles. The molecule has 1 nitrogen and oxygen atoms in total. The van der Waals surface area contributed by atoms with E-state index < -0.39 is 0 Å². The average Bonchev–Trinajstić information content (AvgIpc) is 3.28. The zero-order valence-corrected chi connectivity index (χ0v) is 18.6. The van der Waals surface area contributed by atoms with E-state index in [2.05, 4.69) is 85.1 Å². The fourth-order valence-corrected chi connectivity index (χ4v) is 8.42. The Morgan fingerprint density at radius 2 is 1.89 bits per heavy atom. The molecule has 8 atom stereocenters. The van der Waals surface area contributed by atoms with Gasteiger partial charge in [-0.1, -0.05) is 59.3 Å². The maximum atomic E-state index is 4.22. The molecule has 2 fully saturated rings. The van der Waals surface area contributed by atoms with Gasteiger partial charge < -0.3 is 4.90 Å². The second-order valence-corrected chi connectivity index (χ2v) is 10.7. The van der Waals surface area contributed by atoms with Gasteiger partial charge in [0.25, 0.3) is 0 Å². The molecule has 144 valence electrons. The Bertz CT molecular complexity index is 808. The van der Waals surface area contributed by atoms with Gasteiger partial charge in [0.15, 0.2) is 0 Å². The van der Waals surface area contributed by atoms with Crippen LogP contribution in [0.2, 0.25) is 0 Å². The Morgan fingerprint density at radius 1 is 1.11 bits per heavy atom. The van der Waals surface area contributed by atoms with Crippen LogP contribution in [-0.2, 0) is 0 Å². The summed E-state index contributed by atoms with van der Waals surface area (Å²) in [6.45, 7) is 7.23. The van der Waals surface area contributed by atoms with E-state index in [1.54, 1.807) is 11.1 Å². The minimum Gasteiger partial charge on any atom is -0.375 e. The standard InChI is InChI=1S/C25H32BrN/c1-14-11-22-21(13-23-24(25(22)26)15(2)16(3)27(23)4)20(14)12-18-10-9-17-7-5-6-8-19(17)18/h5-10,14,18,20-25H,11-13H2,1-4H3. The summed E-state index contributed by atoms with van der Waals surface area (Å²) in [7, 11) is 2.33. The van der Waals surface area contributed by atoms with Gasteiger partial charge in [-0.2, -0.15) is 0 Å². The van der Waals surface area contributed by atoms with Crippen molar-refractivity contribution in [1.82, 2.24) is 4.90 Å². The highest BCUT2D eigenvalue weighted by Crippen LogP contribution is 2.58. The Hall–Kier alpha value is -1.02. The summed E-state index contributed by atoms with van der Waals surface area (Å²) in [6.07, 6.45) is 8.95. The SMILES string of the molecule is CC1=C(C)N(C)C2CC3C(CC4C=Cc5ccccc54)C(C)CC3C(Br)C12. The topological polar surface area (TPSA) is 3.24 Å². The number of halogens is 1. The van der Waals surface area contributed by atoms with Crippen LogP contribution in [0.3, 0.4) is 0 Å². The van der Waals surface area contributed by atoms with E-state index >= 15 is 0 Å². The molecule has 0 saturated heterocycles. The first kappa shape index (κ1) is 18.0. The van der Waals surface area contributed by atoms with Crippen molar-refractivity contribution in [2.24, 2.45) is 29.6 Å². The van der Waals surface area contributed by atoms with Gasteiger partial charge >= 0.3 is 0 Å². The van der Waals surface area contributed by atoms with E-state index in [1.807, 2.05) is 0 Å². The monoisotopic (exact) mass is 425 g/mol. The van der Waals surface area contributed by atoms with Crippen LogP contribution in [0.5, 0.6) is 0 Å². The number of fused-ring (bicyclic) bond motifs is 3. The number of hydrogen-bond acceptors (Lipinski definition) is 1. The minimum atomic E-state index is 0.627.